The predicted octanol–water partition coefficient (Wildman–Crippen LogP) is 3.44. The van der Waals surface area contributed by atoms with Crippen LogP contribution in [0, 0.1) is 12.7 Å². The number of hydrogen-bond donors (Lipinski definition) is 0. The molecular formula is C21H23FN2O5. The molecule has 1 heterocycles. The molecule has 1 saturated carbocycles. The molecule has 154 valence electrons. The van der Waals surface area contributed by atoms with Gasteiger partial charge in [-0.1, -0.05) is 0 Å². The van der Waals surface area contributed by atoms with E-state index < -0.39 is 17.8 Å². The Hall–Kier alpha value is -3.03. The molecule has 0 saturated heterocycles. The number of esters is 2. The highest BCUT2D eigenvalue weighted by Gasteiger charge is 2.38. The molecule has 29 heavy (non-hydrogen) atoms. The highest BCUT2D eigenvalue weighted by molar-refractivity contribution is 5.99. The summed E-state index contributed by atoms with van der Waals surface area (Å²) in [7, 11) is 0. The molecule has 0 radical (unpaired) electrons. The maximum atomic E-state index is 13.5. The Bertz CT molecular complexity index is 962. The van der Waals surface area contributed by atoms with Gasteiger partial charge in [0.15, 0.2) is 17.2 Å². The van der Waals surface area contributed by atoms with Gasteiger partial charge in [0.1, 0.15) is 12.4 Å². The summed E-state index contributed by atoms with van der Waals surface area (Å²) in [4.78, 5) is 37.8. The fourth-order valence-electron chi connectivity index (χ4n) is 3.16. The molecule has 7 nitrogen and oxygen atoms in total. The molecule has 8 heteroatoms. The largest absolute Gasteiger partial charge is 0.461 e. The van der Waals surface area contributed by atoms with E-state index in [1.807, 2.05) is 0 Å². The van der Waals surface area contributed by atoms with Crippen molar-refractivity contribution >= 4 is 17.7 Å². The molecular weight excluding hydrogens is 379 g/mol. The number of ketones is 1. The monoisotopic (exact) mass is 402 g/mol. The van der Waals surface area contributed by atoms with Crippen LogP contribution >= 0.6 is 0 Å². The number of rotatable bonds is 8. The minimum atomic E-state index is -0.638. The first kappa shape index (κ1) is 20.7. The SMILES string of the molecule is CCOC(=O)c1nn(CC(=O)c2ccc(F)c(C)c2)c(C(=O)OCC)c1C1CC1. The van der Waals surface area contributed by atoms with Crippen LogP contribution in [0.2, 0.25) is 0 Å². The smallest absolute Gasteiger partial charge is 0.359 e. The number of benzene rings is 1. The van der Waals surface area contributed by atoms with E-state index in [0.717, 1.165) is 12.8 Å². The van der Waals surface area contributed by atoms with Gasteiger partial charge in [-0.25, -0.2) is 18.7 Å². The van der Waals surface area contributed by atoms with Crippen molar-refractivity contribution in [2.24, 2.45) is 0 Å². The summed E-state index contributed by atoms with van der Waals surface area (Å²) in [6.45, 7) is 4.95. The second-order valence-corrected chi connectivity index (χ2v) is 6.87. The van der Waals surface area contributed by atoms with Crippen LogP contribution in [-0.2, 0) is 16.0 Å². The van der Waals surface area contributed by atoms with Crippen molar-refractivity contribution in [2.45, 2.75) is 46.1 Å². The van der Waals surface area contributed by atoms with Crippen LogP contribution in [0.3, 0.4) is 0 Å². The number of ether oxygens (including phenoxy) is 2. The van der Waals surface area contributed by atoms with Crippen LogP contribution in [0.25, 0.3) is 0 Å². The van der Waals surface area contributed by atoms with Crippen molar-refractivity contribution < 1.29 is 28.2 Å². The molecule has 1 fully saturated rings. The molecule has 2 aromatic rings. The molecule has 3 rings (SSSR count). The van der Waals surface area contributed by atoms with E-state index in [4.69, 9.17) is 9.47 Å². The molecule has 0 spiro atoms. The number of Topliss-reactive ketones (excluding diaryl/α,β-unsaturated/α-hetero) is 1. The number of aryl methyl sites for hydroxylation is 1. The molecule has 0 amide bonds. The zero-order valence-electron chi connectivity index (χ0n) is 16.7. The number of carbonyl (C=O) groups is 3. The third-order valence-corrected chi connectivity index (χ3v) is 4.69. The molecule has 0 aliphatic heterocycles. The molecule has 1 aromatic carbocycles. The van der Waals surface area contributed by atoms with E-state index in [1.54, 1.807) is 20.8 Å². The average molecular weight is 402 g/mol. The maximum absolute atomic E-state index is 13.5. The van der Waals surface area contributed by atoms with Crippen molar-refractivity contribution in [1.29, 1.82) is 0 Å². The van der Waals surface area contributed by atoms with Gasteiger partial charge in [-0.3, -0.25) is 4.79 Å². The van der Waals surface area contributed by atoms with E-state index in [9.17, 15) is 18.8 Å². The number of halogens is 1. The van der Waals surface area contributed by atoms with Crippen molar-refractivity contribution in [1.82, 2.24) is 9.78 Å². The van der Waals surface area contributed by atoms with Crippen molar-refractivity contribution in [3.63, 3.8) is 0 Å². The summed E-state index contributed by atoms with van der Waals surface area (Å²) >= 11 is 0. The lowest BCUT2D eigenvalue weighted by molar-refractivity contribution is 0.0505. The maximum Gasteiger partial charge on any atom is 0.359 e. The normalized spacial score (nSPS) is 13.2. The Kier molecular flexibility index (Phi) is 6.10. The summed E-state index contributed by atoms with van der Waals surface area (Å²) in [6, 6.07) is 4.04. The van der Waals surface area contributed by atoms with E-state index >= 15 is 0 Å². The van der Waals surface area contributed by atoms with Crippen LogP contribution in [0.1, 0.15) is 75.1 Å². The minimum absolute atomic E-state index is 0.00531. The zero-order valence-corrected chi connectivity index (χ0v) is 16.7. The Morgan fingerprint density at radius 2 is 1.79 bits per heavy atom. The fraction of sp³-hybridized carbons (Fsp3) is 0.429. The third-order valence-electron chi connectivity index (χ3n) is 4.69. The molecule has 1 aromatic heterocycles. The summed E-state index contributed by atoms with van der Waals surface area (Å²) in [6.07, 6.45) is 1.63. The molecule has 0 atom stereocenters. The molecule has 1 aliphatic carbocycles. The first-order valence-electron chi connectivity index (χ1n) is 9.61. The lowest BCUT2D eigenvalue weighted by Crippen LogP contribution is -2.19. The summed E-state index contributed by atoms with van der Waals surface area (Å²) in [5.41, 5.74) is 1.25. The van der Waals surface area contributed by atoms with Crippen LogP contribution < -0.4 is 0 Å². The molecule has 0 unspecified atom stereocenters. The Labute approximate surface area is 167 Å². The lowest BCUT2D eigenvalue weighted by Gasteiger charge is -2.09. The van der Waals surface area contributed by atoms with E-state index in [2.05, 4.69) is 5.10 Å². The van der Waals surface area contributed by atoms with Gasteiger partial charge >= 0.3 is 11.9 Å². The summed E-state index contributed by atoms with van der Waals surface area (Å²) < 4.78 is 25.0. The number of aromatic nitrogens is 2. The van der Waals surface area contributed by atoms with E-state index in [0.29, 0.717) is 16.7 Å². The van der Waals surface area contributed by atoms with Gasteiger partial charge in [0.25, 0.3) is 0 Å². The average Bonchev–Trinajstić information content (AvgIpc) is 3.45. The van der Waals surface area contributed by atoms with Gasteiger partial charge in [0, 0.05) is 11.1 Å². The van der Waals surface area contributed by atoms with E-state index in [1.165, 1.54) is 22.9 Å². The minimum Gasteiger partial charge on any atom is -0.461 e. The highest BCUT2D eigenvalue weighted by Crippen LogP contribution is 2.44. The summed E-state index contributed by atoms with van der Waals surface area (Å²) in [5, 5.41) is 4.25. The number of hydrogen-bond acceptors (Lipinski definition) is 6. The van der Waals surface area contributed by atoms with Gasteiger partial charge < -0.3 is 9.47 Å². The first-order chi connectivity index (χ1) is 13.9. The van der Waals surface area contributed by atoms with Gasteiger partial charge in [0.2, 0.25) is 0 Å². The van der Waals surface area contributed by atoms with Gasteiger partial charge in [-0.15, -0.1) is 0 Å². The third kappa shape index (κ3) is 4.36. The zero-order chi connectivity index (χ0) is 21.1. The van der Waals surface area contributed by atoms with Crippen molar-refractivity contribution in [2.75, 3.05) is 13.2 Å². The standard InChI is InChI=1S/C21H23FN2O5/c1-4-28-20(26)18-17(13-6-7-13)19(21(27)29-5-2)24(23-18)11-16(25)14-8-9-15(22)12(3)10-14/h8-10,13H,4-7,11H2,1-3H3. The fourth-order valence-corrected chi connectivity index (χ4v) is 3.16. The molecule has 0 N–H and O–H groups in total. The van der Waals surface area contributed by atoms with E-state index in [-0.39, 0.29) is 42.8 Å². The number of carbonyl (C=O) groups excluding carboxylic acids is 3. The topological polar surface area (TPSA) is 87.5 Å². The summed E-state index contributed by atoms with van der Waals surface area (Å²) in [5.74, 6) is -2.04. The Morgan fingerprint density at radius 1 is 1.14 bits per heavy atom. The van der Waals surface area contributed by atoms with Crippen LogP contribution in [-0.4, -0.2) is 40.7 Å². The van der Waals surface area contributed by atoms with Crippen LogP contribution in [0.5, 0.6) is 0 Å². The van der Waals surface area contributed by atoms with Crippen molar-refractivity contribution in [3.8, 4) is 0 Å². The second kappa shape index (κ2) is 8.55. The Morgan fingerprint density at radius 3 is 2.38 bits per heavy atom. The first-order valence-corrected chi connectivity index (χ1v) is 9.61. The lowest BCUT2D eigenvalue weighted by atomic mass is 10.1. The van der Waals surface area contributed by atoms with Gasteiger partial charge in [-0.2, -0.15) is 5.10 Å². The quantitative estimate of drug-likeness (QED) is 0.497. The predicted molar refractivity (Wildman–Crippen MR) is 102 cm³/mol. The second-order valence-electron chi connectivity index (χ2n) is 6.87. The highest BCUT2D eigenvalue weighted by atomic mass is 19.1. The molecule has 0 bridgehead atoms. The van der Waals surface area contributed by atoms with Crippen molar-refractivity contribution in [3.05, 3.63) is 52.1 Å². The van der Waals surface area contributed by atoms with Gasteiger partial charge in [-0.05, 0) is 63.3 Å². The number of nitrogens with zero attached hydrogens (tertiary/aromatic N) is 2. The Balaban J connectivity index is 2.02. The van der Waals surface area contributed by atoms with Gasteiger partial charge in [0.05, 0.1) is 13.2 Å². The molecule has 1 aliphatic rings. The van der Waals surface area contributed by atoms with Crippen LogP contribution in [0.15, 0.2) is 18.2 Å². The van der Waals surface area contributed by atoms with Crippen LogP contribution in [0.4, 0.5) is 4.39 Å².